The molecular weight excluding hydrogens is 590 g/mol. The van der Waals surface area contributed by atoms with Gasteiger partial charge in [-0.3, -0.25) is 9.10 Å². The number of anilines is 1. The standard InChI is InChI=1S/C28H30ClN3O7S2/c1-20-4-9-24(10-5-20)41(36,37)32-19-27(39-26-13-6-21(29)18-25(26)32)28(33)30-14-17-38-22-7-11-23(12-8-22)40(34,35)31-15-2-3-16-31/h4-13,18,27H,2-3,14-17,19H2,1H3,(H,30,33). The molecule has 218 valence electrons. The Balaban J connectivity index is 1.21. The summed E-state index contributed by atoms with van der Waals surface area (Å²) in [4.78, 5) is 13.3. The first kappa shape index (κ1) is 29.2. The number of aryl methyl sites for hydroxylation is 1. The van der Waals surface area contributed by atoms with Gasteiger partial charge in [0, 0.05) is 18.1 Å². The minimum Gasteiger partial charge on any atom is -0.492 e. The Morgan fingerprint density at radius 1 is 0.951 bits per heavy atom. The summed E-state index contributed by atoms with van der Waals surface area (Å²) < 4.78 is 66.6. The summed E-state index contributed by atoms with van der Waals surface area (Å²) in [7, 11) is -7.52. The highest BCUT2D eigenvalue weighted by atomic mass is 35.5. The van der Waals surface area contributed by atoms with Crippen molar-refractivity contribution < 1.29 is 31.1 Å². The Kier molecular flexibility index (Phi) is 8.46. The molecule has 0 saturated carbocycles. The molecule has 1 amide bonds. The van der Waals surface area contributed by atoms with Crippen molar-refractivity contribution in [3.63, 3.8) is 0 Å². The van der Waals surface area contributed by atoms with Crippen LogP contribution in [0.3, 0.4) is 0 Å². The van der Waals surface area contributed by atoms with Gasteiger partial charge >= 0.3 is 0 Å². The Hall–Kier alpha value is -3.32. The highest BCUT2D eigenvalue weighted by Gasteiger charge is 2.37. The first-order chi connectivity index (χ1) is 19.6. The number of carbonyl (C=O) groups is 1. The predicted octanol–water partition coefficient (Wildman–Crippen LogP) is 3.58. The van der Waals surface area contributed by atoms with E-state index in [-0.39, 0.29) is 40.9 Å². The van der Waals surface area contributed by atoms with Crippen LogP contribution in [0, 0.1) is 6.92 Å². The van der Waals surface area contributed by atoms with E-state index in [0.717, 1.165) is 22.7 Å². The van der Waals surface area contributed by atoms with Crippen molar-refractivity contribution in [2.75, 3.05) is 37.1 Å². The number of ether oxygens (including phenoxy) is 2. The molecule has 0 bridgehead atoms. The molecule has 13 heteroatoms. The molecule has 0 aliphatic carbocycles. The number of rotatable bonds is 9. The smallest absolute Gasteiger partial charge is 0.264 e. The summed E-state index contributed by atoms with van der Waals surface area (Å²) in [5.74, 6) is 0.164. The second-order valence-corrected chi connectivity index (χ2v) is 14.0. The quantitative estimate of drug-likeness (QED) is 0.363. The van der Waals surface area contributed by atoms with Gasteiger partial charge in [0.1, 0.15) is 18.1 Å². The van der Waals surface area contributed by atoms with E-state index in [1.54, 1.807) is 30.3 Å². The van der Waals surface area contributed by atoms with E-state index < -0.39 is 32.1 Å². The molecule has 1 fully saturated rings. The molecular formula is C28H30ClN3O7S2. The molecule has 2 aliphatic rings. The van der Waals surface area contributed by atoms with Gasteiger partial charge in [-0.05, 0) is 74.4 Å². The van der Waals surface area contributed by atoms with Crippen LogP contribution in [0.4, 0.5) is 5.69 Å². The van der Waals surface area contributed by atoms with Crippen LogP contribution in [0.1, 0.15) is 18.4 Å². The Morgan fingerprint density at radius 2 is 1.59 bits per heavy atom. The summed E-state index contributed by atoms with van der Waals surface area (Å²) in [6.45, 7) is 2.89. The maximum Gasteiger partial charge on any atom is 0.264 e. The molecule has 41 heavy (non-hydrogen) atoms. The number of hydrogen-bond acceptors (Lipinski definition) is 7. The minimum absolute atomic E-state index is 0.0859. The largest absolute Gasteiger partial charge is 0.492 e. The van der Waals surface area contributed by atoms with E-state index in [1.165, 1.54) is 40.7 Å². The van der Waals surface area contributed by atoms with Gasteiger partial charge in [-0.15, -0.1) is 0 Å². The summed E-state index contributed by atoms with van der Waals surface area (Å²) in [6, 6.07) is 17.2. The van der Waals surface area contributed by atoms with Crippen LogP contribution in [-0.4, -0.2) is 65.9 Å². The van der Waals surface area contributed by atoms with Gasteiger partial charge in [0.05, 0.1) is 28.6 Å². The number of halogens is 1. The molecule has 3 aromatic rings. The zero-order chi connectivity index (χ0) is 29.2. The third-order valence-electron chi connectivity index (χ3n) is 6.89. The molecule has 1 N–H and O–H groups in total. The fourth-order valence-corrected chi connectivity index (χ4v) is 7.82. The molecule has 0 radical (unpaired) electrons. The summed E-state index contributed by atoms with van der Waals surface area (Å²) >= 11 is 6.15. The average Bonchev–Trinajstić information content (AvgIpc) is 3.51. The topological polar surface area (TPSA) is 122 Å². The van der Waals surface area contributed by atoms with E-state index in [2.05, 4.69) is 5.32 Å². The van der Waals surface area contributed by atoms with E-state index in [0.29, 0.717) is 23.9 Å². The zero-order valence-corrected chi connectivity index (χ0v) is 24.7. The molecule has 0 spiro atoms. The molecule has 3 aromatic carbocycles. The van der Waals surface area contributed by atoms with Crippen molar-refractivity contribution >= 4 is 43.2 Å². The first-order valence-electron chi connectivity index (χ1n) is 13.1. The number of sulfonamides is 2. The van der Waals surface area contributed by atoms with Crippen LogP contribution in [0.5, 0.6) is 11.5 Å². The minimum atomic E-state index is -4.01. The Bertz CT molecular complexity index is 1620. The third kappa shape index (κ3) is 6.30. The summed E-state index contributed by atoms with van der Waals surface area (Å²) in [5.41, 5.74) is 1.16. The van der Waals surface area contributed by atoms with Crippen LogP contribution in [0.15, 0.2) is 76.5 Å². The number of hydrogen-bond donors (Lipinski definition) is 1. The molecule has 1 unspecified atom stereocenters. The van der Waals surface area contributed by atoms with Crippen LogP contribution in [-0.2, 0) is 24.8 Å². The maximum absolute atomic E-state index is 13.6. The van der Waals surface area contributed by atoms with Gasteiger partial charge in [-0.25, -0.2) is 16.8 Å². The molecule has 1 saturated heterocycles. The van der Waals surface area contributed by atoms with Gasteiger partial charge in [-0.2, -0.15) is 4.31 Å². The van der Waals surface area contributed by atoms with E-state index in [9.17, 15) is 21.6 Å². The summed E-state index contributed by atoms with van der Waals surface area (Å²) in [5, 5.41) is 3.05. The molecule has 10 nitrogen and oxygen atoms in total. The van der Waals surface area contributed by atoms with Crippen molar-refractivity contribution in [1.82, 2.24) is 9.62 Å². The average molecular weight is 620 g/mol. The van der Waals surface area contributed by atoms with E-state index in [1.807, 2.05) is 6.92 Å². The number of carbonyl (C=O) groups excluding carboxylic acids is 1. The Labute approximate surface area is 244 Å². The van der Waals surface area contributed by atoms with Crippen molar-refractivity contribution in [3.8, 4) is 11.5 Å². The molecule has 5 rings (SSSR count). The monoisotopic (exact) mass is 619 g/mol. The van der Waals surface area contributed by atoms with Crippen LogP contribution in [0.25, 0.3) is 0 Å². The van der Waals surface area contributed by atoms with Crippen molar-refractivity contribution in [2.45, 2.75) is 35.7 Å². The number of fused-ring (bicyclic) bond motifs is 1. The molecule has 1 atom stereocenters. The second-order valence-electron chi connectivity index (χ2n) is 9.79. The lowest BCUT2D eigenvalue weighted by molar-refractivity contribution is -0.127. The lowest BCUT2D eigenvalue weighted by atomic mass is 10.2. The number of benzene rings is 3. The van der Waals surface area contributed by atoms with Crippen LogP contribution < -0.4 is 19.1 Å². The number of nitrogens with zero attached hydrogens (tertiary/aromatic N) is 2. The molecule has 0 aromatic heterocycles. The predicted molar refractivity (Wildman–Crippen MR) is 155 cm³/mol. The normalized spacial score (nSPS) is 17.5. The number of nitrogens with one attached hydrogen (secondary N) is 1. The molecule has 2 heterocycles. The van der Waals surface area contributed by atoms with Gasteiger partial charge in [-0.1, -0.05) is 29.3 Å². The number of amides is 1. The highest BCUT2D eigenvalue weighted by molar-refractivity contribution is 7.92. The fourth-order valence-electron chi connectivity index (χ4n) is 4.67. The van der Waals surface area contributed by atoms with Crippen molar-refractivity contribution in [3.05, 3.63) is 77.3 Å². The van der Waals surface area contributed by atoms with Crippen molar-refractivity contribution in [1.29, 1.82) is 0 Å². The van der Waals surface area contributed by atoms with Gasteiger partial charge < -0.3 is 14.8 Å². The van der Waals surface area contributed by atoms with Crippen LogP contribution in [0.2, 0.25) is 5.02 Å². The van der Waals surface area contributed by atoms with E-state index in [4.69, 9.17) is 21.1 Å². The van der Waals surface area contributed by atoms with E-state index >= 15 is 0 Å². The lowest BCUT2D eigenvalue weighted by Crippen LogP contribution is -2.51. The van der Waals surface area contributed by atoms with Gasteiger partial charge in [0.25, 0.3) is 15.9 Å². The molecule has 2 aliphatic heterocycles. The highest BCUT2D eigenvalue weighted by Crippen LogP contribution is 2.39. The van der Waals surface area contributed by atoms with Gasteiger partial charge in [0.15, 0.2) is 6.10 Å². The lowest BCUT2D eigenvalue weighted by Gasteiger charge is -2.34. The first-order valence-corrected chi connectivity index (χ1v) is 16.4. The SMILES string of the molecule is Cc1ccc(S(=O)(=O)N2CC(C(=O)NCCOc3ccc(S(=O)(=O)N4CCCC4)cc3)Oc3ccc(Cl)cc32)cc1. The van der Waals surface area contributed by atoms with Gasteiger partial charge in [0.2, 0.25) is 10.0 Å². The Morgan fingerprint density at radius 3 is 2.27 bits per heavy atom. The zero-order valence-electron chi connectivity index (χ0n) is 22.3. The summed E-state index contributed by atoms with van der Waals surface area (Å²) in [6.07, 6.45) is 0.609. The maximum atomic E-state index is 13.6. The fraction of sp³-hybridized carbons (Fsp3) is 0.321. The second kappa shape index (κ2) is 11.9. The third-order valence-corrected chi connectivity index (χ3v) is 10.8. The van der Waals surface area contributed by atoms with Crippen molar-refractivity contribution in [2.24, 2.45) is 0 Å². The van der Waals surface area contributed by atoms with Crippen LogP contribution >= 0.6 is 11.6 Å².